The van der Waals surface area contributed by atoms with Crippen LogP contribution in [0.3, 0.4) is 0 Å². The number of methoxy groups -OCH3 is 1. The normalized spacial score (nSPS) is 11.6. The fourth-order valence-electron chi connectivity index (χ4n) is 2.86. The van der Waals surface area contributed by atoms with Crippen molar-refractivity contribution in [3.8, 4) is 5.75 Å². The average molecular weight is 415 g/mol. The van der Waals surface area contributed by atoms with Crippen LogP contribution in [-0.4, -0.2) is 42.2 Å². The molecule has 0 saturated heterocycles. The van der Waals surface area contributed by atoms with Crippen LogP contribution in [0.25, 0.3) is 0 Å². The molecule has 0 aliphatic heterocycles. The van der Waals surface area contributed by atoms with Crippen molar-refractivity contribution in [2.75, 3.05) is 19.4 Å². The molecule has 1 N–H and O–H groups in total. The molecule has 0 saturated carbocycles. The first-order chi connectivity index (χ1) is 13.9. The third-order valence-corrected chi connectivity index (χ3v) is 5.63. The number of hydrogen-bond donors (Lipinski definition) is 1. The molecule has 0 bridgehead atoms. The van der Waals surface area contributed by atoms with Crippen LogP contribution in [0.1, 0.15) is 30.5 Å². The molecule has 0 aliphatic carbocycles. The van der Waals surface area contributed by atoms with Crippen molar-refractivity contribution in [1.29, 1.82) is 0 Å². The van der Waals surface area contributed by atoms with Gasteiger partial charge in [0.1, 0.15) is 11.8 Å². The van der Waals surface area contributed by atoms with Crippen LogP contribution in [0.5, 0.6) is 5.75 Å². The van der Waals surface area contributed by atoms with E-state index in [1.807, 2.05) is 62.4 Å². The molecule has 2 aromatic carbocycles. The number of nitrogens with one attached hydrogen (secondary N) is 1. The maximum atomic E-state index is 13.0. The van der Waals surface area contributed by atoms with Crippen LogP contribution in [0.4, 0.5) is 0 Å². The van der Waals surface area contributed by atoms with E-state index in [1.54, 1.807) is 30.7 Å². The van der Waals surface area contributed by atoms with Gasteiger partial charge in [0.2, 0.25) is 11.8 Å². The molecule has 0 spiro atoms. The quantitative estimate of drug-likeness (QED) is 0.643. The average Bonchev–Trinajstić information content (AvgIpc) is 2.73. The Hall–Kier alpha value is -2.47. The Kier molecular flexibility index (Phi) is 9.06. The van der Waals surface area contributed by atoms with E-state index in [0.717, 1.165) is 22.6 Å². The molecule has 1 atom stereocenters. The van der Waals surface area contributed by atoms with Crippen molar-refractivity contribution in [3.63, 3.8) is 0 Å². The second kappa shape index (κ2) is 11.5. The molecule has 0 aromatic heterocycles. The number of benzene rings is 2. The summed E-state index contributed by atoms with van der Waals surface area (Å²) in [6.45, 7) is 6.65. The number of hydrogen-bond acceptors (Lipinski definition) is 4. The van der Waals surface area contributed by atoms with Gasteiger partial charge in [-0.15, -0.1) is 11.8 Å². The number of carbonyl (C=O) groups excluding carboxylic acids is 2. The van der Waals surface area contributed by atoms with Gasteiger partial charge in [0.25, 0.3) is 0 Å². The number of nitrogens with zero attached hydrogens (tertiary/aromatic N) is 1. The number of ether oxygens (including phenoxy) is 1. The molecule has 156 valence electrons. The van der Waals surface area contributed by atoms with Crippen molar-refractivity contribution in [1.82, 2.24) is 10.2 Å². The first-order valence-corrected chi connectivity index (χ1v) is 10.9. The zero-order valence-corrected chi connectivity index (χ0v) is 18.4. The first-order valence-electron chi connectivity index (χ1n) is 9.78. The fourth-order valence-corrected chi connectivity index (χ4v) is 3.73. The summed E-state index contributed by atoms with van der Waals surface area (Å²) in [5.41, 5.74) is 3.31. The van der Waals surface area contributed by atoms with Gasteiger partial charge in [-0.2, -0.15) is 0 Å². The Labute approximate surface area is 177 Å². The van der Waals surface area contributed by atoms with E-state index in [-0.39, 0.29) is 11.8 Å². The van der Waals surface area contributed by atoms with E-state index < -0.39 is 6.04 Å². The summed E-state index contributed by atoms with van der Waals surface area (Å²) < 4.78 is 5.17. The number of amides is 2. The maximum absolute atomic E-state index is 13.0. The minimum Gasteiger partial charge on any atom is -0.497 e. The molecule has 2 amide bonds. The fraction of sp³-hybridized carbons (Fsp3) is 0.391. The molecule has 2 aromatic rings. The molecular formula is C23H30N2O3S. The van der Waals surface area contributed by atoms with Gasteiger partial charge in [0.15, 0.2) is 0 Å². The molecule has 6 heteroatoms. The molecule has 0 unspecified atom stereocenters. The van der Waals surface area contributed by atoms with Gasteiger partial charge < -0.3 is 15.0 Å². The summed E-state index contributed by atoms with van der Waals surface area (Å²) in [6.07, 6.45) is 0. The lowest BCUT2D eigenvalue weighted by molar-refractivity contribution is -0.138. The summed E-state index contributed by atoms with van der Waals surface area (Å²) >= 11 is 1.55. The highest BCUT2D eigenvalue weighted by atomic mass is 32.2. The Morgan fingerprint density at radius 3 is 2.28 bits per heavy atom. The summed E-state index contributed by atoms with van der Waals surface area (Å²) in [7, 11) is 1.64. The Morgan fingerprint density at radius 1 is 1.07 bits per heavy atom. The topological polar surface area (TPSA) is 58.6 Å². The SMILES string of the molecule is CCNC(=O)[C@H](C)N(Cc1ccc(C)cc1)C(=O)CSCc1ccc(OC)cc1. The second-order valence-electron chi connectivity index (χ2n) is 6.92. The number of rotatable bonds is 10. The molecule has 0 fully saturated rings. The number of aryl methyl sites for hydroxylation is 1. The van der Waals surface area contributed by atoms with Crippen LogP contribution in [0, 0.1) is 6.92 Å². The van der Waals surface area contributed by atoms with Gasteiger partial charge in [0.05, 0.1) is 12.9 Å². The van der Waals surface area contributed by atoms with Crippen molar-refractivity contribution < 1.29 is 14.3 Å². The minimum atomic E-state index is -0.523. The maximum Gasteiger partial charge on any atom is 0.242 e. The van der Waals surface area contributed by atoms with Gasteiger partial charge in [-0.25, -0.2) is 0 Å². The van der Waals surface area contributed by atoms with Crippen molar-refractivity contribution in [3.05, 3.63) is 65.2 Å². The van der Waals surface area contributed by atoms with E-state index >= 15 is 0 Å². The van der Waals surface area contributed by atoms with E-state index in [4.69, 9.17) is 4.74 Å². The third-order valence-electron chi connectivity index (χ3n) is 4.65. The predicted molar refractivity (Wildman–Crippen MR) is 119 cm³/mol. The highest BCUT2D eigenvalue weighted by Crippen LogP contribution is 2.18. The summed E-state index contributed by atoms with van der Waals surface area (Å²) in [5, 5.41) is 2.82. The van der Waals surface area contributed by atoms with Crippen LogP contribution in [0.15, 0.2) is 48.5 Å². The smallest absolute Gasteiger partial charge is 0.242 e. The molecule has 0 radical (unpaired) electrons. The summed E-state index contributed by atoms with van der Waals surface area (Å²) in [6, 6.07) is 15.4. The third kappa shape index (κ3) is 7.13. The summed E-state index contributed by atoms with van der Waals surface area (Å²) in [4.78, 5) is 27.0. The predicted octanol–water partition coefficient (Wildman–Crippen LogP) is 3.79. The van der Waals surface area contributed by atoms with Gasteiger partial charge in [-0.05, 0) is 44.0 Å². The highest BCUT2D eigenvalue weighted by molar-refractivity contribution is 7.99. The Morgan fingerprint density at radius 2 is 1.69 bits per heavy atom. The zero-order valence-electron chi connectivity index (χ0n) is 17.6. The Bertz CT molecular complexity index is 791. The second-order valence-corrected chi connectivity index (χ2v) is 7.90. The summed E-state index contributed by atoms with van der Waals surface area (Å²) in [5.74, 6) is 1.69. The molecule has 2 rings (SSSR count). The molecule has 0 aliphatic rings. The van der Waals surface area contributed by atoms with E-state index in [2.05, 4.69) is 5.32 Å². The van der Waals surface area contributed by atoms with Crippen LogP contribution < -0.4 is 10.1 Å². The largest absolute Gasteiger partial charge is 0.497 e. The van der Waals surface area contributed by atoms with Gasteiger partial charge >= 0.3 is 0 Å². The van der Waals surface area contributed by atoms with Gasteiger partial charge in [-0.3, -0.25) is 9.59 Å². The lowest BCUT2D eigenvalue weighted by Gasteiger charge is -2.28. The Balaban J connectivity index is 2.02. The number of thioether (sulfide) groups is 1. The minimum absolute atomic E-state index is 0.0390. The monoisotopic (exact) mass is 414 g/mol. The van der Waals surface area contributed by atoms with Crippen molar-refractivity contribution in [2.45, 2.75) is 39.1 Å². The molecule has 29 heavy (non-hydrogen) atoms. The van der Waals surface area contributed by atoms with Crippen molar-refractivity contribution in [2.24, 2.45) is 0 Å². The first kappa shape index (κ1) is 22.8. The van der Waals surface area contributed by atoms with E-state index in [0.29, 0.717) is 18.8 Å². The molecule has 0 heterocycles. The van der Waals surface area contributed by atoms with Gasteiger partial charge in [0, 0.05) is 18.8 Å². The van der Waals surface area contributed by atoms with Crippen LogP contribution in [-0.2, 0) is 21.9 Å². The van der Waals surface area contributed by atoms with Crippen LogP contribution >= 0.6 is 11.8 Å². The lowest BCUT2D eigenvalue weighted by atomic mass is 10.1. The standard InChI is InChI=1S/C23H30N2O3S/c1-5-24-23(27)18(3)25(14-19-8-6-17(2)7-9-19)22(26)16-29-15-20-10-12-21(28-4)13-11-20/h6-13,18H,5,14-16H2,1-4H3,(H,24,27)/t18-/m0/s1. The molecule has 5 nitrogen and oxygen atoms in total. The lowest BCUT2D eigenvalue weighted by Crippen LogP contribution is -2.48. The van der Waals surface area contributed by atoms with E-state index in [1.165, 1.54) is 5.56 Å². The number of carbonyl (C=O) groups is 2. The molecular weight excluding hydrogens is 384 g/mol. The van der Waals surface area contributed by atoms with E-state index in [9.17, 15) is 9.59 Å². The van der Waals surface area contributed by atoms with Crippen molar-refractivity contribution >= 4 is 23.6 Å². The van der Waals surface area contributed by atoms with Gasteiger partial charge in [-0.1, -0.05) is 42.0 Å². The van der Waals surface area contributed by atoms with Crippen LogP contribution in [0.2, 0.25) is 0 Å². The zero-order chi connectivity index (χ0) is 21.2. The number of likely N-dealkylation sites (N-methyl/N-ethyl adjacent to an activating group) is 1. The highest BCUT2D eigenvalue weighted by Gasteiger charge is 2.25.